The van der Waals surface area contributed by atoms with Crippen LogP contribution in [0, 0.1) is 0 Å². The van der Waals surface area contributed by atoms with Gasteiger partial charge in [-0.25, -0.2) is 4.90 Å². The monoisotopic (exact) mass is 339 g/mol. The van der Waals surface area contributed by atoms with Crippen LogP contribution in [0.3, 0.4) is 0 Å². The fourth-order valence-corrected chi connectivity index (χ4v) is 3.38. The molecule has 7 heteroatoms. The van der Waals surface area contributed by atoms with Crippen molar-refractivity contribution in [2.75, 3.05) is 18.0 Å². The van der Waals surface area contributed by atoms with E-state index in [1.54, 1.807) is 24.3 Å². The van der Waals surface area contributed by atoms with Crippen LogP contribution < -0.4 is 10.2 Å². The van der Waals surface area contributed by atoms with Crippen LogP contribution in [-0.4, -0.2) is 35.3 Å². The number of amidine groups is 1. The third-order valence-electron chi connectivity index (χ3n) is 3.07. The molecule has 0 saturated carbocycles. The third kappa shape index (κ3) is 3.81. The van der Waals surface area contributed by atoms with Gasteiger partial charge in [-0.2, -0.15) is 0 Å². The number of aliphatic imine (C=N–C) groups is 1. The molecule has 1 aromatic carbocycles. The van der Waals surface area contributed by atoms with E-state index in [4.69, 9.17) is 11.6 Å². The number of carbonyl (C=O) groups excluding carboxylic acids is 2. The number of halogens is 1. The molecule has 1 heterocycles. The number of thioether (sulfide) groups is 1. The first-order valence-corrected chi connectivity index (χ1v) is 8.39. The van der Waals surface area contributed by atoms with Gasteiger partial charge in [0, 0.05) is 24.5 Å². The molecule has 0 unspecified atom stereocenters. The average Bonchev–Trinajstić information content (AvgIpc) is 2.75. The van der Waals surface area contributed by atoms with Gasteiger partial charge >= 0.3 is 0 Å². The number of nitrogens with one attached hydrogen (secondary N) is 1. The number of carbonyl (C=O) groups is 2. The number of nitrogens with zero attached hydrogens (tertiary/aromatic N) is 2. The van der Waals surface area contributed by atoms with Crippen LogP contribution in [0.2, 0.25) is 5.02 Å². The van der Waals surface area contributed by atoms with Crippen molar-refractivity contribution in [3.63, 3.8) is 0 Å². The normalized spacial score (nSPS) is 19.0. The van der Waals surface area contributed by atoms with Gasteiger partial charge in [-0.15, -0.1) is 0 Å². The molecule has 1 saturated heterocycles. The Morgan fingerprint density at radius 3 is 2.64 bits per heavy atom. The molecule has 2 amide bonds. The Labute approximate surface area is 139 Å². The number of rotatable bonds is 4. The minimum atomic E-state index is -0.437. The second kappa shape index (κ2) is 7.65. The predicted octanol–water partition coefficient (Wildman–Crippen LogP) is 2.69. The van der Waals surface area contributed by atoms with E-state index in [1.807, 2.05) is 13.8 Å². The van der Waals surface area contributed by atoms with Gasteiger partial charge in [-0.3, -0.25) is 14.6 Å². The summed E-state index contributed by atoms with van der Waals surface area (Å²) in [6.07, 6.45) is 0.181. The summed E-state index contributed by atoms with van der Waals surface area (Å²) >= 11 is 7.16. The molecule has 0 aliphatic carbocycles. The highest BCUT2D eigenvalue weighted by Crippen LogP contribution is 2.30. The Hall–Kier alpha value is -1.53. The van der Waals surface area contributed by atoms with Gasteiger partial charge in [0.2, 0.25) is 11.8 Å². The molecule has 1 aliphatic rings. The third-order valence-corrected chi connectivity index (χ3v) is 4.48. The van der Waals surface area contributed by atoms with Crippen molar-refractivity contribution in [1.29, 1.82) is 0 Å². The summed E-state index contributed by atoms with van der Waals surface area (Å²) in [6, 6.07) is 6.69. The summed E-state index contributed by atoms with van der Waals surface area (Å²) in [5.74, 6) is -0.406. The van der Waals surface area contributed by atoms with E-state index >= 15 is 0 Å². The van der Waals surface area contributed by atoms with Gasteiger partial charge < -0.3 is 5.32 Å². The molecule has 1 aromatic rings. The first-order valence-electron chi connectivity index (χ1n) is 7.14. The molecular weight excluding hydrogens is 322 g/mol. The fourth-order valence-electron chi connectivity index (χ4n) is 2.12. The van der Waals surface area contributed by atoms with Crippen LogP contribution in [0.1, 0.15) is 20.3 Å². The van der Waals surface area contributed by atoms with Gasteiger partial charge in [0.25, 0.3) is 0 Å². The lowest BCUT2D eigenvalue weighted by molar-refractivity contribution is -0.121. The van der Waals surface area contributed by atoms with E-state index in [1.165, 1.54) is 16.7 Å². The van der Waals surface area contributed by atoms with E-state index in [-0.39, 0.29) is 18.2 Å². The van der Waals surface area contributed by atoms with Crippen molar-refractivity contribution in [3.8, 4) is 0 Å². The molecule has 1 aliphatic heterocycles. The largest absolute Gasteiger partial charge is 0.365 e. The molecule has 5 nitrogen and oxygen atoms in total. The van der Waals surface area contributed by atoms with Gasteiger partial charge in [0.15, 0.2) is 5.17 Å². The highest BCUT2D eigenvalue weighted by molar-refractivity contribution is 8.15. The van der Waals surface area contributed by atoms with E-state index in [9.17, 15) is 9.59 Å². The maximum atomic E-state index is 12.5. The maximum absolute atomic E-state index is 12.5. The Morgan fingerprint density at radius 2 is 2.05 bits per heavy atom. The lowest BCUT2D eigenvalue weighted by atomic mass is 10.3. The van der Waals surface area contributed by atoms with Crippen molar-refractivity contribution in [2.45, 2.75) is 25.5 Å². The maximum Gasteiger partial charge on any atom is 0.247 e. The van der Waals surface area contributed by atoms with Gasteiger partial charge in [-0.1, -0.05) is 23.4 Å². The van der Waals surface area contributed by atoms with E-state index in [0.717, 1.165) is 6.54 Å². The number of hydrogen-bond acceptors (Lipinski definition) is 4. The molecule has 0 aromatic heterocycles. The lowest BCUT2D eigenvalue weighted by Gasteiger charge is -2.15. The smallest absolute Gasteiger partial charge is 0.247 e. The van der Waals surface area contributed by atoms with Gasteiger partial charge in [0.1, 0.15) is 5.25 Å². The molecule has 0 radical (unpaired) electrons. The van der Waals surface area contributed by atoms with Crippen LogP contribution in [0.25, 0.3) is 0 Å². The van der Waals surface area contributed by atoms with Crippen LogP contribution in [0.4, 0.5) is 5.69 Å². The van der Waals surface area contributed by atoms with Crippen molar-refractivity contribution in [1.82, 2.24) is 5.32 Å². The predicted molar refractivity (Wildman–Crippen MR) is 91.6 cm³/mol. The Balaban J connectivity index is 2.14. The zero-order chi connectivity index (χ0) is 16.1. The highest BCUT2D eigenvalue weighted by Gasteiger charge is 2.40. The number of hydrogen-bond donors (Lipinski definition) is 1. The topological polar surface area (TPSA) is 61.8 Å². The second-order valence-corrected chi connectivity index (χ2v) is 6.29. The first kappa shape index (κ1) is 16.8. The lowest BCUT2D eigenvalue weighted by Crippen LogP contribution is -2.32. The van der Waals surface area contributed by atoms with Gasteiger partial charge in [0.05, 0.1) is 5.69 Å². The summed E-state index contributed by atoms with van der Waals surface area (Å²) in [5, 5.41) is 3.95. The van der Waals surface area contributed by atoms with Crippen LogP contribution in [-0.2, 0) is 9.59 Å². The zero-order valence-electron chi connectivity index (χ0n) is 12.5. The number of amides is 2. The molecule has 1 atom stereocenters. The summed E-state index contributed by atoms with van der Waals surface area (Å²) < 4.78 is 0. The Bertz CT molecular complexity index is 589. The number of imide groups is 1. The molecule has 118 valence electrons. The van der Waals surface area contributed by atoms with Crippen LogP contribution in [0.15, 0.2) is 29.3 Å². The quantitative estimate of drug-likeness (QED) is 0.520. The first-order chi connectivity index (χ1) is 10.6. The highest BCUT2D eigenvalue weighted by atomic mass is 35.5. The average molecular weight is 340 g/mol. The van der Waals surface area contributed by atoms with Crippen molar-refractivity contribution in [2.24, 2.45) is 4.99 Å². The summed E-state index contributed by atoms with van der Waals surface area (Å²) in [6.45, 7) is 5.25. The number of anilines is 1. The molecule has 0 bridgehead atoms. The molecule has 22 heavy (non-hydrogen) atoms. The molecule has 1 fully saturated rings. The van der Waals surface area contributed by atoms with Crippen LogP contribution >= 0.6 is 23.4 Å². The van der Waals surface area contributed by atoms with E-state index < -0.39 is 5.25 Å². The standard InChI is InChI=1S/C15H18ClN3O2S/c1-3-17-15(18-4-2)22-12-9-13(20)19(14(12)21)11-7-5-10(16)6-8-11/h5-8,12H,3-4,9H2,1-2H3,(H,17,18)/t12-/m1/s1. The molecular formula is C15H18ClN3O2S. The zero-order valence-corrected chi connectivity index (χ0v) is 14.1. The minimum Gasteiger partial charge on any atom is -0.365 e. The SMILES string of the molecule is CCN=C(NCC)S[C@@H]1CC(=O)N(c2ccc(Cl)cc2)C1=O. The summed E-state index contributed by atoms with van der Waals surface area (Å²) in [5.41, 5.74) is 0.555. The Morgan fingerprint density at radius 1 is 1.36 bits per heavy atom. The van der Waals surface area contributed by atoms with Crippen molar-refractivity contribution >= 4 is 46.0 Å². The fraction of sp³-hybridized carbons (Fsp3) is 0.400. The van der Waals surface area contributed by atoms with Crippen molar-refractivity contribution < 1.29 is 9.59 Å². The van der Waals surface area contributed by atoms with E-state index in [0.29, 0.717) is 22.4 Å². The summed E-state index contributed by atoms with van der Waals surface area (Å²) in [7, 11) is 0. The second-order valence-electron chi connectivity index (χ2n) is 4.66. The molecule has 2 rings (SSSR count). The van der Waals surface area contributed by atoms with E-state index in [2.05, 4.69) is 10.3 Å². The minimum absolute atomic E-state index is 0.181. The van der Waals surface area contributed by atoms with Gasteiger partial charge in [-0.05, 0) is 38.1 Å². The molecule has 0 spiro atoms. The van der Waals surface area contributed by atoms with Crippen LogP contribution in [0.5, 0.6) is 0 Å². The molecule has 1 N–H and O–H groups in total. The van der Waals surface area contributed by atoms with Crippen molar-refractivity contribution in [3.05, 3.63) is 29.3 Å². The summed E-state index contributed by atoms with van der Waals surface area (Å²) in [4.78, 5) is 30.2. The Kier molecular flexibility index (Phi) is 5.85. The number of benzene rings is 1.